The summed E-state index contributed by atoms with van der Waals surface area (Å²) in [6, 6.07) is 10.2. The molecule has 0 aliphatic heterocycles. The number of hydrogen-bond donors (Lipinski definition) is 0. The van der Waals surface area contributed by atoms with Crippen molar-refractivity contribution >= 4 is 32.3 Å². The first-order chi connectivity index (χ1) is 13.2. The molecule has 6 heteroatoms. The van der Waals surface area contributed by atoms with Crippen molar-refractivity contribution < 1.29 is 12.8 Å². The molecule has 0 fully saturated rings. The second-order valence-electron chi connectivity index (χ2n) is 7.68. The predicted octanol–water partition coefficient (Wildman–Crippen LogP) is 5.89. The number of aryl methyl sites for hydroxylation is 1. The Kier molecular flexibility index (Phi) is 4.79. The number of benzene rings is 2. The quantitative estimate of drug-likeness (QED) is 0.529. The van der Waals surface area contributed by atoms with Gasteiger partial charge in [0.05, 0.1) is 16.5 Å². The molecule has 2 atom stereocenters. The Morgan fingerprint density at radius 3 is 2.54 bits per heavy atom. The standard InChI is InChI=1S/C22H23ClFNO2S/c1-4-14-7-10-18-19-11-17(24)12-20(28(3,26)27)22(19)25(21(14)18)13(2)15-5-8-16(23)9-6-15/h5-6,8-9,11-14H,4,7,10H2,1-3H3/t13-,14?/m0/s1. The Morgan fingerprint density at radius 1 is 1.25 bits per heavy atom. The molecular formula is C22H23ClFNO2S. The van der Waals surface area contributed by atoms with Crippen LogP contribution < -0.4 is 0 Å². The number of fused-ring (bicyclic) bond motifs is 3. The zero-order valence-corrected chi connectivity index (χ0v) is 17.7. The van der Waals surface area contributed by atoms with Gasteiger partial charge in [-0.2, -0.15) is 0 Å². The second kappa shape index (κ2) is 6.89. The predicted molar refractivity (Wildman–Crippen MR) is 112 cm³/mol. The van der Waals surface area contributed by atoms with Crippen molar-refractivity contribution in [2.75, 3.05) is 6.26 Å². The summed E-state index contributed by atoms with van der Waals surface area (Å²) in [7, 11) is -3.59. The number of hydrogen-bond acceptors (Lipinski definition) is 2. The minimum Gasteiger partial charge on any atom is -0.336 e. The van der Waals surface area contributed by atoms with Gasteiger partial charge in [0.25, 0.3) is 0 Å². The van der Waals surface area contributed by atoms with Crippen molar-refractivity contribution in [1.29, 1.82) is 0 Å². The van der Waals surface area contributed by atoms with E-state index in [1.807, 2.05) is 24.3 Å². The fourth-order valence-corrected chi connectivity index (χ4v) is 5.60. The van der Waals surface area contributed by atoms with Gasteiger partial charge in [0.2, 0.25) is 0 Å². The molecule has 3 aromatic rings. The Hall–Kier alpha value is -1.85. The molecule has 4 rings (SSSR count). The van der Waals surface area contributed by atoms with E-state index in [2.05, 4.69) is 18.4 Å². The first kappa shape index (κ1) is 19.5. The first-order valence-electron chi connectivity index (χ1n) is 9.54. The van der Waals surface area contributed by atoms with Crippen molar-refractivity contribution in [2.45, 2.75) is 50.0 Å². The van der Waals surface area contributed by atoms with Crippen LogP contribution in [0.25, 0.3) is 10.9 Å². The van der Waals surface area contributed by atoms with Gasteiger partial charge in [-0.3, -0.25) is 0 Å². The van der Waals surface area contributed by atoms with Crippen molar-refractivity contribution in [3.8, 4) is 0 Å². The lowest BCUT2D eigenvalue weighted by Gasteiger charge is -2.23. The van der Waals surface area contributed by atoms with Gasteiger partial charge in [-0.1, -0.05) is 30.7 Å². The molecule has 0 bridgehead atoms. The number of rotatable bonds is 4. The molecule has 0 radical (unpaired) electrons. The van der Waals surface area contributed by atoms with Gasteiger partial charge in [0.15, 0.2) is 9.84 Å². The fraction of sp³-hybridized carbons (Fsp3) is 0.364. The van der Waals surface area contributed by atoms with Crippen LogP contribution in [0.1, 0.15) is 55.5 Å². The number of halogens is 2. The lowest BCUT2D eigenvalue weighted by molar-refractivity contribution is 0.561. The molecule has 0 spiro atoms. The van der Waals surface area contributed by atoms with Crippen LogP contribution in [0.5, 0.6) is 0 Å². The third-order valence-corrected chi connectivity index (χ3v) is 7.30. The van der Waals surface area contributed by atoms with Crippen LogP contribution in [-0.2, 0) is 16.3 Å². The molecule has 1 unspecified atom stereocenters. The molecule has 1 aliphatic carbocycles. The van der Waals surface area contributed by atoms with E-state index in [4.69, 9.17) is 11.6 Å². The minimum atomic E-state index is -3.59. The molecule has 1 aliphatic rings. The molecule has 1 aromatic heterocycles. The van der Waals surface area contributed by atoms with E-state index in [0.29, 0.717) is 16.5 Å². The maximum absolute atomic E-state index is 14.4. The van der Waals surface area contributed by atoms with E-state index in [1.165, 1.54) is 6.07 Å². The highest BCUT2D eigenvalue weighted by Crippen LogP contribution is 2.46. The number of aromatic nitrogens is 1. The smallest absolute Gasteiger partial charge is 0.177 e. The van der Waals surface area contributed by atoms with E-state index in [0.717, 1.165) is 53.8 Å². The van der Waals surface area contributed by atoms with Gasteiger partial charge in [-0.25, -0.2) is 12.8 Å². The van der Waals surface area contributed by atoms with Gasteiger partial charge in [-0.05, 0) is 67.5 Å². The van der Waals surface area contributed by atoms with Crippen molar-refractivity contribution in [3.63, 3.8) is 0 Å². The average Bonchev–Trinajstić information content (AvgIpc) is 3.18. The molecule has 28 heavy (non-hydrogen) atoms. The molecule has 1 heterocycles. The fourth-order valence-electron chi connectivity index (χ4n) is 4.59. The molecule has 0 saturated carbocycles. The summed E-state index contributed by atoms with van der Waals surface area (Å²) < 4.78 is 41.6. The molecule has 2 aromatic carbocycles. The molecular weight excluding hydrogens is 397 g/mol. The lowest BCUT2D eigenvalue weighted by Crippen LogP contribution is -2.14. The highest BCUT2D eigenvalue weighted by molar-refractivity contribution is 7.91. The normalized spacial score (nSPS) is 17.8. The van der Waals surface area contributed by atoms with E-state index < -0.39 is 15.7 Å². The Bertz CT molecular complexity index is 1170. The van der Waals surface area contributed by atoms with Crippen LogP contribution >= 0.6 is 11.6 Å². The van der Waals surface area contributed by atoms with E-state index in [-0.39, 0.29) is 10.9 Å². The lowest BCUT2D eigenvalue weighted by atomic mass is 10.0. The molecule has 148 valence electrons. The number of nitrogens with zero attached hydrogens (tertiary/aromatic N) is 1. The van der Waals surface area contributed by atoms with Crippen LogP contribution in [0.2, 0.25) is 5.02 Å². The Labute approximate surface area is 170 Å². The largest absolute Gasteiger partial charge is 0.336 e. The summed E-state index contributed by atoms with van der Waals surface area (Å²) >= 11 is 6.05. The molecule has 3 nitrogen and oxygen atoms in total. The summed E-state index contributed by atoms with van der Waals surface area (Å²) in [5.74, 6) is -0.167. The summed E-state index contributed by atoms with van der Waals surface area (Å²) in [6.07, 6.45) is 3.97. The van der Waals surface area contributed by atoms with Crippen LogP contribution in [0.15, 0.2) is 41.3 Å². The maximum atomic E-state index is 14.4. The molecule has 0 amide bonds. The maximum Gasteiger partial charge on any atom is 0.177 e. The summed E-state index contributed by atoms with van der Waals surface area (Å²) in [5.41, 5.74) is 3.90. The van der Waals surface area contributed by atoms with Gasteiger partial charge in [0.1, 0.15) is 5.82 Å². The first-order valence-corrected chi connectivity index (χ1v) is 11.8. The van der Waals surface area contributed by atoms with E-state index in [9.17, 15) is 12.8 Å². The van der Waals surface area contributed by atoms with Gasteiger partial charge in [0, 0.05) is 22.4 Å². The van der Waals surface area contributed by atoms with Crippen molar-refractivity contribution in [3.05, 3.63) is 64.1 Å². The topological polar surface area (TPSA) is 39.1 Å². The Balaban J connectivity index is 2.10. The zero-order valence-electron chi connectivity index (χ0n) is 16.2. The summed E-state index contributed by atoms with van der Waals surface area (Å²) in [5, 5.41) is 1.39. The Morgan fingerprint density at radius 2 is 1.93 bits per heavy atom. The highest BCUT2D eigenvalue weighted by atomic mass is 35.5. The second-order valence-corrected chi connectivity index (χ2v) is 10.1. The van der Waals surface area contributed by atoms with Crippen LogP contribution in [0, 0.1) is 5.82 Å². The van der Waals surface area contributed by atoms with Crippen LogP contribution in [0.4, 0.5) is 4.39 Å². The van der Waals surface area contributed by atoms with Gasteiger partial charge < -0.3 is 4.57 Å². The monoisotopic (exact) mass is 419 g/mol. The molecule has 0 N–H and O–H groups in total. The zero-order chi connectivity index (χ0) is 20.2. The minimum absolute atomic E-state index is 0.0626. The van der Waals surface area contributed by atoms with Crippen molar-refractivity contribution in [2.24, 2.45) is 0 Å². The van der Waals surface area contributed by atoms with E-state index >= 15 is 0 Å². The highest BCUT2D eigenvalue weighted by Gasteiger charge is 2.33. The SMILES string of the molecule is CCC1CCc2c1n([C@@H](C)c1ccc(Cl)cc1)c1c(S(C)(=O)=O)cc(F)cc21. The van der Waals surface area contributed by atoms with E-state index in [1.54, 1.807) is 0 Å². The van der Waals surface area contributed by atoms with Gasteiger partial charge in [-0.15, -0.1) is 0 Å². The number of sulfone groups is 1. The molecule has 0 saturated heterocycles. The van der Waals surface area contributed by atoms with Crippen LogP contribution in [-0.4, -0.2) is 19.2 Å². The average molecular weight is 420 g/mol. The van der Waals surface area contributed by atoms with Crippen molar-refractivity contribution in [1.82, 2.24) is 4.57 Å². The third kappa shape index (κ3) is 3.05. The van der Waals surface area contributed by atoms with Crippen LogP contribution in [0.3, 0.4) is 0 Å². The third-order valence-electron chi connectivity index (χ3n) is 5.94. The summed E-state index contributed by atoms with van der Waals surface area (Å²) in [4.78, 5) is 0.0626. The summed E-state index contributed by atoms with van der Waals surface area (Å²) in [6.45, 7) is 4.20. The van der Waals surface area contributed by atoms with Gasteiger partial charge >= 0.3 is 0 Å².